The maximum absolute atomic E-state index is 11.7. The van der Waals surface area contributed by atoms with E-state index in [9.17, 15) is 13.6 Å². The third-order valence-electron chi connectivity index (χ3n) is 3.21. The van der Waals surface area contributed by atoms with E-state index >= 15 is 0 Å². The van der Waals surface area contributed by atoms with E-state index in [0.29, 0.717) is 11.1 Å². The Bertz CT molecular complexity index is 706. The zero-order chi connectivity index (χ0) is 18.8. The molecule has 0 aliphatic carbocycles. The van der Waals surface area contributed by atoms with Crippen LogP contribution in [0.3, 0.4) is 0 Å². The Labute approximate surface area is 145 Å². The standard InChI is InChI=1S/C10H13N3O.C8H8F2O/c1-12-10(11)13(2)9(14)8-6-4-3-5-7-8;1-6-4-2-3-5-7(6)11-8(9)10/h3-7H,1-2H3,(H2,11,12);2-5,8H,1H3. The number of amides is 1. The molecule has 25 heavy (non-hydrogen) atoms. The number of carbonyl (C=O) groups is 1. The Morgan fingerprint density at radius 2 is 1.68 bits per heavy atom. The number of nitrogens with two attached hydrogens (primary N) is 1. The smallest absolute Gasteiger partial charge is 0.387 e. The van der Waals surface area contributed by atoms with Gasteiger partial charge in [-0.3, -0.25) is 14.7 Å². The van der Waals surface area contributed by atoms with Gasteiger partial charge in [-0.1, -0.05) is 36.4 Å². The summed E-state index contributed by atoms with van der Waals surface area (Å²) < 4.78 is 27.6. The van der Waals surface area contributed by atoms with Crippen LogP contribution < -0.4 is 10.5 Å². The number of aliphatic imine (C=N–C) groups is 1. The van der Waals surface area contributed by atoms with Gasteiger partial charge in [0.25, 0.3) is 5.91 Å². The van der Waals surface area contributed by atoms with Crippen molar-refractivity contribution in [1.82, 2.24) is 4.90 Å². The van der Waals surface area contributed by atoms with Gasteiger partial charge >= 0.3 is 6.61 Å². The molecule has 0 atom stereocenters. The summed E-state index contributed by atoms with van der Waals surface area (Å²) in [4.78, 5) is 16.8. The third-order valence-corrected chi connectivity index (χ3v) is 3.21. The van der Waals surface area contributed by atoms with Crippen LogP contribution in [-0.2, 0) is 0 Å². The highest BCUT2D eigenvalue weighted by Crippen LogP contribution is 2.18. The fourth-order valence-corrected chi connectivity index (χ4v) is 1.81. The van der Waals surface area contributed by atoms with Crippen LogP contribution in [0.1, 0.15) is 15.9 Å². The van der Waals surface area contributed by atoms with E-state index in [4.69, 9.17) is 5.73 Å². The highest BCUT2D eigenvalue weighted by atomic mass is 19.3. The maximum atomic E-state index is 11.7. The molecule has 7 heteroatoms. The number of benzene rings is 2. The molecule has 0 aliphatic rings. The van der Waals surface area contributed by atoms with Gasteiger partial charge in [-0.15, -0.1) is 0 Å². The second kappa shape index (κ2) is 10.0. The van der Waals surface area contributed by atoms with Crippen LogP contribution in [0.5, 0.6) is 5.75 Å². The average molecular weight is 349 g/mol. The van der Waals surface area contributed by atoms with Crippen LogP contribution in [0, 0.1) is 6.92 Å². The molecule has 0 saturated heterocycles. The van der Waals surface area contributed by atoms with Gasteiger partial charge in [0.1, 0.15) is 5.75 Å². The molecule has 2 aromatic carbocycles. The number of halogens is 2. The number of hydrogen-bond acceptors (Lipinski definition) is 3. The Kier molecular flexibility index (Phi) is 8.05. The molecule has 0 saturated carbocycles. The molecule has 0 unspecified atom stereocenters. The first kappa shape index (κ1) is 20.1. The van der Waals surface area contributed by atoms with Gasteiger partial charge in [0.15, 0.2) is 5.96 Å². The summed E-state index contributed by atoms with van der Waals surface area (Å²) in [6.07, 6.45) is 0. The molecule has 0 aliphatic heterocycles. The largest absolute Gasteiger partial charge is 0.435 e. The molecule has 0 aromatic heterocycles. The predicted molar refractivity (Wildman–Crippen MR) is 93.9 cm³/mol. The second-order valence-electron chi connectivity index (χ2n) is 4.96. The van der Waals surface area contributed by atoms with E-state index in [2.05, 4.69) is 9.73 Å². The predicted octanol–water partition coefficient (Wildman–Crippen LogP) is 3.30. The number of rotatable bonds is 3. The number of para-hydroxylation sites is 1. The third kappa shape index (κ3) is 6.58. The first-order valence-corrected chi connectivity index (χ1v) is 7.42. The molecule has 0 heterocycles. The first-order chi connectivity index (χ1) is 11.9. The van der Waals surface area contributed by atoms with Crippen molar-refractivity contribution in [3.63, 3.8) is 0 Å². The van der Waals surface area contributed by atoms with E-state index in [-0.39, 0.29) is 17.6 Å². The number of nitrogens with zero attached hydrogens (tertiary/aromatic N) is 2. The van der Waals surface area contributed by atoms with Crippen molar-refractivity contribution in [2.75, 3.05) is 14.1 Å². The van der Waals surface area contributed by atoms with Crippen molar-refractivity contribution in [3.8, 4) is 5.75 Å². The number of aryl methyl sites for hydroxylation is 1. The topological polar surface area (TPSA) is 67.9 Å². The van der Waals surface area contributed by atoms with Crippen LogP contribution in [0.2, 0.25) is 0 Å². The van der Waals surface area contributed by atoms with Gasteiger partial charge in [-0.2, -0.15) is 8.78 Å². The molecule has 134 valence electrons. The Morgan fingerprint density at radius 3 is 2.20 bits per heavy atom. The molecule has 0 bridgehead atoms. The molecule has 2 N–H and O–H groups in total. The lowest BCUT2D eigenvalue weighted by Gasteiger charge is -2.15. The highest BCUT2D eigenvalue weighted by Gasteiger charge is 2.13. The Balaban J connectivity index is 0.000000257. The minimum atomic E-state index is -2.74. The fourth-order valence-electron chi connectivity index (χ4n) is 1.81. The second-order valence-corrected chi connectivity index (χ2v) is 4.96. The van der Waals surface area contributed by atoms with Gasteiger partial charge in [0, 0.05) is 19.7 Å². The summed E-state index contributed by atoms with van der Waals surface area (Å²) in [5.41, 5.74) is 6.82. The van der Waals surface area contributed by atoms with Crippen molar-refractivity contribution < 1.29 is 18.3 Å². The van der Waals surface area contributed by atoms with Crippen molar-refractivity contribution in [2.45, 2.75) is 13.5 Å². The SMILES string of the molecule is CN=C(N)N(C)C(=O)c1ccccc1.Cc1ccccc1OC(F)F. The van der Waals surface area contributed by atoms with E-state index < -0.39 is 6.61 Å². The quantitative estimate of drug-likeness (QED) is 0.683. The van der Waals surface area contributed by atoms with E-state index in [1.54, 1.807) is 63.5 Å². The van der Waals surface area contributed by atoms with Crippen LogP contribution >= 0.6 is 0 Å². The van der Waals surface area contributed by atoms with Gasteiger partial charge in [0.05, 0.1) is 0 Å². The Morgan fingerprint density at radius 1 is 1.12 bits per heavy atom. The molecule has 1 amide bonds. The summed E-state index contributed by atoms with van der Waals surface area (Å²) in [5, 5.41) is 0. The van der Waals surface area contributed by atoms with Crippen LogP contribution in [-0.4, -0.2) is 37.5 Å². The molecule has 0 radical (unpaired) electrons. The number of ether oxygens (including phenoxy) is 1. The average Bonchev–Trinajstić information content (AvgIpc) is 2.62. The zero-order valence-corrected chi connectivity index (χ0v) is 14.3. The van der Waals surface area contributed by atoms with Gasteiger partial charge in [-0.05, 0) is 30.7 Å². The molecular formula is C18H21F2N3O2. The molecule has 2 rings (SSSR count). The fraction of sp³-hybridized carbons (Fsp3) is 0.222. The monoisotopic (exact) mass is 349 g/mol. The molecule has 0 spiro atoms. The van der Waals surface area contributed by atoms with E-state index in [1.807, 2.05) is 6.07 Å². The lowest BCUT2D eigenvalue weighted by Crippen LogP contribution is -2.38. The summed E-state index contributed by atoms with van der Waals surface area (Å²) >= 11 is 0. The molecule has 0 fully saturated rings. The van der Waals surface area contributed by atoms with Crippen molar-refractivity contribution in [1.29, 1.82) is 0 Å². The normalized spacial score (nSPS) is 10.7. The lowest BCUT2D eigenvalue weighted by atomic mass is 10.2. The van der Waals surface area contributed by atoms with Gasteiger partial charge in [-0.25, -0.2) is 0 Å². The van der Waals surface area contributed by atoms with Crippen LogP contribution in [0.4, 0.5) is 8.78 Å². The van der Waals surface area contributed by atoms with Gasteiger partial charge < -0.3 is 10.5 Å². The summed E-state index contributed by atoms with van der Waals surface area (Å²) in [6, 6.07) is 15.6. The van der Waals surface area contributed by atoms with Crippen LogP contribution in [0.15, 0.2) is 59.6 Å². The minimum Gasteiger partial charge on any atom is -0.435 e. The highest BCUT2D eigenvalue weighted by molar-refractivity contribution is 6.04. The lowest BCUT2D eigenvalue weighted by molar-refractivity contribution is -0.0502. The number of guanidine groups is 1. The first-order valence-electron chi connectivity index (χ1n) is 7.42. The van der Waals surface area contributed by atoms with Crippen molar-refractivity contribution in [2.24, 2.45) is 10.7 Å². The number of carbonyl (C=O) groups excluding carboxylic acids is 1. The zero-order valence-electron chi connectivity index (χ0n) is 14.3. The summed E-state index contributed by atoms with van der Waals surface area (Å²) in [6.45, 7) is -1.02. The van der Waals surface area contributed by atoms with Crippen molar-refractivity contribution >= 4 is 11.9 Å². The van der Waals surface area contributed by atoms with Crippen molar-refractivity contribution in [3.05, 3.63) is 65.7 Å². The van der Waals surface area contributed by atoms with E-state index in [0.717, 1.165) is 0 Å². The van der Waals surface area contributed by atoms with E-state index in [1.165, 1.54) is 11.0 Å². The number of alkyl halides is 2. The molecular weight excluding hydrogens is 328 g/mol. The maximum Gasteiger partial charge on any atom is 0.387 e. The van der Waals surface area contributed by atoms with Crippen LogP contribution in [0.25, 0.3) is 0 Å². The minimum absolute atomic E-state index is 0.159. The van der Waals surface area contributed by atoms with Gasteiger partial charge in [0.2, 0.25) is 0 Å². The number of hydrogen-bond donors (Lipinski definition) is 1. The summed E-state index contributed by atoms with van der Waals surface area (Å²) in [7, 11) is 3.14. The molecule has 2 aromatic rings. The Hall–Kier alpha value is -2.96. The summed E-state index contributed by atoms with van der Waals surface area (Å²) in [5.74, 6) is 0.287. The molecule has 5 nitrogen and oxygen atoms in total.